The van der Waals surface area contributed by atoms with Gasteiger partial charge < -0.3 is 20.1 Å². The summed E-state index contributed by atoms with van der Waals surface area (Å²) < 4.78 is 24.4. The Bertz CT molecular complexity index is 1290. The zero-order valence-electron chi connectivity index (χ0n) is 17.4. The number of hydrogen-bond acceptors (Lipinski definition) is 6. The number of hydrogen-bond donors (Lipinski definition) is 2. The van der Waals surface area contributed by atoms with Crippen molar-refractivity contribution in [2.24, 2.45) is 0 Å². The number of nitrogens with one attached hydrogen (secondary N) is 2. The van der Waals surface area contributed by atoms with E-state index >= 15 is 0 Å². The third-order valence-electron chi connectivity index (χ3n) is 5.01. The van der Waals surface area contributed by atoms with Crippen molar-refractivity contribution in [3.05, 3.63) is 90.5 Å². The molecular formula is C25H19FN4O3. The quantitative estimate of drug-likeness (QED) is 0.450. The lowest BCUT2D eigenvalue weighted by molar-refractivity contribution is 0.102. The fourth-order valence-electron chi connectivity index (χ4n) is 3.37. The van der Waals surface area contributed by atoms with Gasteiger partial charge in [-0.25, -0.2) is 14.4 Å². The Morgan fingerprint density at radius 3 is 2.30 bits per heavy atom. The van der Waals surface area contributed by atoms with Crippen molar-refractivity contribution in [2.45, 2.75) is 0 Å². The summed E-state index contributed by atoms with van der Waals surface area (Å²) in [5.74, 6) is 1.12. The van der Waals surface area contributed by atoms with E-state index in [4.69, 9.17) is 9.47 Å². The van der Waals surface area contributed by atoms with Crippen LogP contribution in [-0.2, 0) is 0 Å². The molecule has 1 amide bonds. The molecule has 2 N–H and O–H groups in total. The van der Waals surface area contributed by atoms with Crippen LogP contribution in [0.15, 0.2) is 79.1 Å². The summed E-state index contributed by atoms with van der Waals surface area (Å²) in [6.45, 7) is 0.997. The van der Waals surface area contributed by atoms with Gasteiger partial charge in [0.1, 0.15) is 19.0 Å². The third kappa shape index (κ3) is 4.74. The summed E-state index contributed by atoms with van der Waals surface area (Å²) in [7, 11) is 0. The Labute approximate surface area is 189 Å². The van der Waals surface area contributed by atoms with Gasteiger partial charge in [0.15, 0.2) is 11.5 Å². The fourth-order valence-corrected chi connectivity index (χ4v) is 3.37. The van der Waals surface area contributed by atoms with Crippen molar-refractivity contribution in [1.29, 1.82) is 0 Å². The number of halogens is 1. The van der Waals surface area contributed by atoms with Crippen LogP contribution < -0.4 is 20.1 Å². The molecule has 0 spiro atoms. The van der Waals surface area contributed by atoms with Crippen molar-refractivity contribution in [3.63, 3.8) is 0 Å². The van der Waals surface area contributed by atoms with E-state index in [-0.39, 0.29) is 11.7 Å². The number of carbonyl (C=O) groups is 1. The standard InChI is InChI=1S/C25H19FN4O3/c26-19-3-1-2-17(12-19)18-14-27-25(28-15-18)30-20-6-4-16(5-7-20)24(31)29-21-8-9-22-23(13-21)33-11-10-32-22/h1-9,12-15H,10-11H2,(H,29,31)(H,27,28,30). The van der Waals surface area contributed by atoms with E-state index in [0.717, 1.165) is 5.69 Å². The molecular weight excluding hydrogens is 423 g/mol. The smallest absolute Gasteiger partial charge is 0.255 e. The highest BCUT2D eigenvalue weighted by molar-refractivity contribution is 6.04. The van der Waals surface area contributed by atoms with E-state index in [1.807, 2.05) is 0 Å². The van der Waals surface area contributed by atoms with Crippen LogP contribution in [0.1, 0.15) is 10.4 Å². The number of rotatable bonds is 5. The SMILES string of the molecule is O=C(Nc1ccc2c(c1)OCCO2)c1ccc(Nc2ncc(-c3cccc(F)c3)cn2)cc1. The summed E-state index contributed by atoms with van der Waals surface area (Å²) >= 11 is 0. The molecule has 2 heterocycles. The molecule has 0 radical (unpaired) electrons. The van der Waals surface area contributed by atoms with Crippen LogP contribution in [0, 0.1) is 5.82 Å². The molecule has 1 aliphatic heterocycles. The molecule has 8 heteroatoms. The van der Waals surface area contributed by atoms with Crippen molar-refractivity contribution in [3.8, 4) is 22.6 Å². The minimum absolute atomic E-state index is 0.242. The van der Waals surface area contributed by atoms with Gasteiger partial charge in [-0.05, 0) is 54.1 Å². The van der Waals surface area contributed by atoms with Crippen LogP contribution >= 0.6 is 0 Å². The van der Waals surface area contributed by atoms with Crippen molar-refractivity contribution < 1.29 is 18.7 Å². The fraction of sp³-hybridized carbons (Fsp3) is 0.0800. The van der Waals surface area contributed by atoms with Gasteiger partial charge in [0.2, 0.25) is 5.95 Å². The molecule has 0 saturated carbocycles. The summed E-state index contributed by atoms with van der Waals surface area (Å²) in [5, 5.41) is 5.94. The Morgan fingerprint density at radius 1 is 0.818 bits per heavy atom. The minimum Gasteiger partial charge on any atom is -0.486 e. The summed E-state index contributed by atoms with van der Waals surface area (Å²) in [5.41, 5.74) is 3.27. The Morgan fingerprint density at radius 2 is 1.55 bits per heavy atom. The van der Waals surface area contributed by atoms with Gasteiger partial charge >= 0.3 is 0 Å². The van der Waals surface area contributed by atoms with Gasteiger partial charge in [-0.2, -0.15) is 0 Å². The number of benzene rings is 3. The predicted octanol–water partition coefficient (Wildman–Crippen LogP) is 5.05. The molecule has 33 heavy (non-hydrogen) atoms. The van der Waals surface area contributed by atoms with Crippen LogP contribution in [0.4, 0.5) is 21.7 Å². The van der Waals surface area contributed by atoms with E-state index in [1.165, 1.54) is 12.1 Å². The van der Waals surface area contributed by atoms with E-state index in [0.29, 0.717) is 53.0 Å². The van der Waals surface area contributed by atoms with E-state index in [2.05, 4.69) is 20.6 Å². The molecule has 164 valence electrons. The Hall–Kier alpha value is -4.46. The van der Waals surface area contributed by atoms with Gasteiger partial charge in [-0.15, -0.1) is 0 Å². The number of carbonyl (C=O) groups excluding carboxylic acids is 1. The first-order valence-electron chi connectivity index (χ1n) is 10.3. The van der Waals surface area contributed by atoms with Gasteiger partial charge in [0.05, 0.1) is 0 Å². The number of aromatic nitrogens is 2. The van der Waals surface area contributed by atoms with Gasteiger partial charge in [-0.1, -0.05) is 12.1 Å². The van der Waals surface area contributed by atoms with Crippen LogP contribution in [-0.4, -0.2) is 29.1 Å². The number of nitrogens with zero attached hydrogens (tertiary/aromatic N) is 2. The van der Waals surface area contributed by atoms with Crippen LogP contribution in [0.5, 0.6) is 11.5 Å². The maximum absolute atomic E-state index is 13.4. The maximum atomic E-state index is 13.4. The highest BCUT2D eigenvalue weighted by Crippen LogP contribution is 2.32. The van der Waals surface area contributed by atoms with Crippen molar-refractivity contribution >= 4 is 23.2 Å². The maximum Gasteiger partial charge on any atom is 0.255 e. The molecule has 1 aliphatic rings. The molecule has 1 aromatic heterocycles. The summed E-state index contributed by atoms with van der Waals surface area (Å²) in [4.78, 5) is 21.2. The number of amides is 1. The topological polar surface area (TPSA) is 85.4 Å². The highest BCUT2D eigenvalue weighted by atomic mass is 19.1. The molecule has 0 fully saturated rings. The molecule has 0 saturated heterocycles. The molecule has 4 aromatic rings. The molecule has 0 bridgehead atoms. The van der Waals surface area contributed by atoms with Crippen LogP contribution in [0.2, 0.25) is 0 Å². The van der Waals surface area contributed by atoms with Gasteiger partial charge in [-0.3, -0.25) is 4.79 Å². The highest BCUT2D eigenvalue weighted by Gasteiger charge is 2.13. The lowest BCUT2D eigenvalue weighted by atomic mass is 10.1. The van der Waals surface area contributed by atoms with Crippen molar-refractivity contribution in [2.75, 3.05) is 23.8 Å². The molecule has 3 aromatic carbocycles. The minimum atomic E-state index is -0.312. The van der Waals surface area contributed by atoms with Gasteiger partial charge in [0.25, 0.3) is 5.91 Å². The molecule has 5 rings (SSSR count). The van der Waals surface area contributed by atoms with Crippen LogP contribution in [0.25, 0.3) is 11.1 Å². The zero-order valence-corrected chi connectivity index (χ0v) is 17.4. The third-order valence-corrected chi connectivity index (χ3v) is 5.01. The number of fused-ring (bicyclic) bond motifs is 1. The first kappa shape index (κ1) is 20.4. The Balaban J connectivity index is 1.22. The zero-order chi connectivity index (χ0) is 22.6. The normalized spacial score (nSPS) is 12.2. The average molecular weight is 442 g/mol. The average Bonchev–Trinajstić information content (AvgIpc) is 2.85. The molecule has 0 unspecified atom stereocenters. The predicted molar refractivity (Wildman–Crippen MR) is 123 cm³/mol. The van der Waals surface area contributed by atoms with E-state index < -0.39 is 0 Å². The largest absolute Gasteiger partial charge is 0.486 e. The molecule has 7 nitrogen and oxygen atoms in total. The second kappa shape index (κ2) is 8.96. The lowest BCUT2D eigenvalue weighted by Crippen LogP contribution is -2.16. The van der Waals surface area contributed by atoms with E-state index in [1.54, 1.807) is 67.0 Å². The van der Waals surface area contributed by atoms with Crippen molar-refractivity contribution in [1.82, 2.24) is 9.97 Å². The second-order valence-electron chi connectivity index (χ2n) is 7.32. The molecule has 0 aliphatic carbocycles. The lowest BCUT2D eigenvalue weighted by Gasteiger charge is -2.19. The summed E-state index contributed by atoms with van der Waals surface area (Å²) in [6.07, 6.45) is 3.25. The van der Waals surface area contributed by atoms with E-state index in [9.17, 15) is 9.18 Å². The summed E-state index contributed by atoms with van der Waals surface area (Å²) in [6, 6.07) is 18.5. The van der Waals surface area contributed by atoms with Gasteiger partial charge in [0, 0.05) is 41.0 Å². The number of anilines is 3. The van der Waals surface area contributed by atoms with Crippen LogP contribution in [0.3, 0.4) is 0 Å². The first-order valence-corrected chi connectivity index (χ1v) is 10.3. The Kier molecular flexibility index (Phi) is 5.55. The molecule has 0 atom stereocenters. The monoisotopic (exact) mass is 442 g/mol. The first-order chi connectivity index (χ1) is 16.1. The number of ether oxygens (including phenoxy) is 2. The second-order valence-corrected chi connectivity index (χ2v) is 7.32.